The molecule has 0 saturated carbocycles. The Kier molecular flexibility index (Phi) is 4.99. The average Bonchev–Trinajstić information content (AvgIpc) is 2.57. The number of hydrogen-bond acceptors (Lipinski definition) is 3. The van der Waals surface area contributed by atoms with Crippen molar-refractivity contribution in [3.8, 4) is 0 Å². The Balaban J connectivity index is 1.96. The molecule has 0 bridgehead atoms. The number of hydrogen-bond donors (Lipinski definition) is 0. The van der Waals surface area contributed by atoms with Crippen molar-refractivity contribution < 1.29 is 9.47 Å². The summed E-state index contributed by atoms with van der Waals surface area (Å²) in [6, 6.07) is 2.07. The van der Waals surface area contributed by atoms with Gasteiger partial charge in [-0.15, -0.1) is 0 Å². The Morgan fingerprint density at radius 3 is 2.83 bits per heavy atom. The standard InChI is InChI=1S/C9H14O2S/c1-2-10-4-5-11-7-9-3-6-12-8-9/h3,6,8H,2,4-5,7H2,1H3. The molecule has 0 atom stereocenters. The second-order valence-corrected chi connectivity index (χ2v) is 3.16. The Labute approximate surface area is 77.1 Å². The van der Waals surface area contributed by atoms with Gasteiger partial charge < -0.3 is 9.47 Å². The Hall–Kier alpha value is -0.380. The first kappa shape index (κ1) is 9.71. The largest absolute Gasteiger partial charge is 0.379 e. The summed E-state index contributed by atoms with van der Waals surface area (Å²) >= 11 is 1.70. The Morgan fingerprint density at radius 1 is 1.33 bits per heavy atom. The lowest BCUT2D eigenvalue weighted by Gasteiger charge is -2.02. The van der Waals surface area contributed by atoms with E-state index in [-0.39, 0.29) is 0 Å². The van der Waals surface area contributed by atoms with Crippen LogP contribution in [0.3, 0.4) is 0 Å². The first-order valence-electron chi connectivity index (χ1n) is 4.10. The van der Waals surface area contributed by atoms with Gasteiger partial charge in [-0.05, 0) is 29.3 Å². The minimum Gasteiger partial charge on any atom is -0.379 e. The first-order chi connectivity index (χ1) is 5.93. The van der Waals surface area contributed by atoms with Gasteiger partial charge in [-0.1, -0.05) is 0 Å². The lowest BCUT2D eigenvalue weighted by molar-refractivity contribution is 0.0454. The van der Waals surface area contributed by atoms with E-state index in [1.807, 2.05) is 6.92 Å². The molecule has 2 nitrogen and oxygen atoms in total. The van der Waals surface area contributed by atoms with E-state index in [1.54, 1.807) is 11.3 Å². The van der Waals surface area contributed by atoms with Crippen molar-refractivity contribution in [3.05, 3.63) is 22.4 Å². The third-order valence-electron chi connectivity index (χ3n) is 1.42. The van der Waals surface area contributed by atoms with E-state index < -0.39 is 0 Å². The number of ether oxygens (including phenoxy) is 2. The van der Waals surface area contributed by atoms with Gasteiger partial charge in [0.15, 0.2) is 0 Å². The molecular formula is C9H14O2S. The second-order valence-electron chi connectivity index (χ2n) is 2.38. The summed E-state index contributed by atoms with van der Waals surface area (Å²) in [6.07, 6.45) is 0. The van der Waals surface area contributed by atoms with Crippen molar-refractivity contribution >= 4 is 11.3 Å². The highest BCUT2D eigenvalue weighted by Crippen LogP contribution is 2.06. The molecule has 0 unspecified atom stereocenters. The van der Waals surface area contributed by atoms with Gasteiger partial charge in [0.1, 0.15) is 0 Å². The molecule has 0 fully saturated rings. The molecule has 68 valence electrons. The molecule has 0 radical (unpaired) electrons. The molecule has 1 heterocycles. The molecule has 1 aromatic heterocycles. The van der Waals surface area contributed by atoms with Gasteiger partial charge in [-0.25, -0.2) is 0 Å². The molecule has 0 aliphatic heterocycles. The quantitative estimate of drug-likeness (QED) is 0.635. The highest BCUT2D eigenvalue weighted by molar-refractivity contribution is 7.07. The van der Waals surface area contributed by atoms with E-state index in [9.17, 15) is 0 Å². The van der Waals surface area contributed by atoms with E-state index in [0.29, 0.717) is 19.8 Å². The van der Waals surface area contributed by atoms with Crippen LogP contribution in [0.1, 0.15) is 12.5 Å². The smallest absolute Gasteiger partial charge is 0.0726 e. The SMILES string of the molecule is CCOCCOCc1ccsc1. The second kappa shape index (κ2) is 6.17. The predicted molar refractivity (Wildman–Crippen MR) is 50.5 cm³/mol. The van der Waals surface area contributed by atoms with Crippen molar-refractivity contribution in [2.45, 2.75) is 13.5 Å². The summed E-state index contributed by atoms with van der Waals surface area (Å²) < 4.78 is 10.5. The molecule has 3 heteroatoms. The molecule has 1 aromatic rings. The highest BCUT2D eigenvalue weighted by Gasteiger charge is 1.92. The molecule has 1 rings (SSSR count). The molecular weight excluding hydrogens is 172 g/mol. The van der Waals surface area contributed by atoms with Crippen LogP contribution >= 0.6 is 11.3 Å². The summed E-state index contributed by atoms with van der Waals surface area (Å²) in [5.41, 5.74) is 1.25. The average molecular weight is 186 g/mol. The van der Waals surface area contributed by atoms with Gasteiger partial charge in [-0.3, -0.25) is 0 Å². The topological polar surface area (TPSA) is 18.5 Å². The van der Waals surface area contributed by atoms with Gasteiger partial charge >= 0.3 is 0 Å². The van der Waals surface area contributed by atoms with Crippen LogP contribution in [0.2, 0.25) is 0 Å². The minimum atomic E-state index is 0.684. The van der Waals surface area contributed by atoms with Crippen molar-refractivity contribution in [2.75, 3.05) is 19.8 Å². The van der Waals surface area contributed by atoms with E-state index in [1.165, 1.54) is 5.56 Å². The number of rotatable bonds is 6. The maximum absolute atomic E-state index is 5.36. The van der Waals surface area contributed by atoms with Crippen LogP contribution < -0.4 is 0 Å². The molecule has 12 heavy (non-hydrogen) atoms. The minimum absolute atomic E-state index is 0.684. The van der Waals surface area contributed by atoms with Crippen molar-refractivity contribution in [1.82, 2.24) is 0 Å². The zero-order chi connectivity index (χ0) is 8.65. The lowest BCUT2D eigenvalue weighted by atomic mass is 10.4. The van der Waals surface area contributed by atoms with Gasteiger partial charge in [0.05, 0.1) is 19.8 Å². The predicted octanol–water partition coefficient (Wildman–Crippen LogP) is 2.30. The van der Waals surface area contributed by atoms with E-state index >= 15 is 0 Å². The van der Waals surface area contributed by atoms with Gasteiger partial charge in [0.2, 0.25) is 0 Å². The molecule has 0 saturated heterocycles. The monoisotopic (exact) mass is 186 g/mol. The molecule has 0 aromatic carbocycles. The van der Waals surface area contributed by atoms with Gasteiger partial charge in [0, 0.05) is 6.61 Å². The van der Waals surface area contributed by atoms with Crippen molar-refractivity contribution in [1.29, 1.82) is 0 Å². The van der Waals surface area contributed by atoms with Crippen molar-refractivity contribution in [3.63, 3.8) is 0 Å². The summed E-state index contributed by atoms with van der Waals surface area (Å²) in [4.78, 5) is 0. The van der Waals surface area contributed by atoms with E-state index in [4.69, 9.17) is 9.47 Å². The fourth-order valence-corrected chi connectivity index (χ4v) is 1.48. The Bertz CT molecular complexity index is 184. The summed E-state index contributed by atoms with van der Waals surface area (Å²) in [6.45, 7) is 4.83. The fraction of sp³-hybridized carbons (Fsp3) is 0.556. The van der Waals surface area contributed by atoms with Gasteiger partial charge in [-0.2, -0.15) is 11.3 Å². The maximum atomic E-state index is 5.36. The van der Waals surface area contributed by atoms with E-state index in [2.05, 4.69) is 16.8 Å². The van der Waals surface area contributed by atoms with Gasteiger partial charge in [0.25, 0.3) is 0 Å². The fourth-order valence-electron chi connectivity index (χ4n) is 0.827. The molecule has 0 spiro atoms. The van der Waals surface area contributed by atoms with Crippen LogP contribution in [-0.2, 0) is 16.1 Å². The number of thiophene rings is 1. The van der Waals surface area contributed by atoms with Crippen LogP contribution in [0, 0.1) is 0 Å². The zero-order valence-electron chi connectivity index (χ0n) is 7.29. The van der Waals surface area contributed by atoms with Crippen LogP contribution in [0.4, 0.5) is 0 Å². The third kappa shape index (κ3) is 3.85. The van der Waals surface area contributed by atoms with Crippen molar-refractivity contribution in [2.24, 2.45) is 0 Å². The Morgan fingerprint density at radius 2 is 2.17 bits per heavy atom. The third-order valence-corrected chi connectivity index (χ3v) is 2.16. The van der Waals surface area contributed by atoms with E-state index in [0.717, 1.165) is 6.61 Å². The summed E-state index contributed by atoms with van der Waals surface area (Å²) in [7, 11) is 0. The molecule has 0 N–H and O–H groups in total. The summed E-state index contributed by atoms with van der Waals surface area (Å²) in [5.74, 6) is 0. The van der Waals surface area contributed by atoms with Crippen LogP contribution in [0.5, 0.6) is 0 Å². The summed E-state index contributed by atoms with van der Waals surface area (Å²) in [5, 5.41) is 4.15. The van der Waals surface area contributed by atoms with Crippen LogP contribution in [0.25, 0.3) is 0 Å². The first-order valence-corrected chi connectivity index (χ1v) is 5.04. The molecule has 0 amide bonds. The lowest BCUT2D eigenvalue weighted by Crippen LogP contribution is -2.03. The zero-order valence-corrected chi connectivity index (χ0v) is 8.10. The normalized spacial score (nSPS) is 10.4. The highest BCUT2D eigenvalue weighted by atomic mass is 32.1. The molecule has 0 aliphatic carbocycles. The van der Waals surface area contributed by atoms with Crippen LogP contribution in [-0.4, -0.2) is 19.8 Å². The van der Waals surface area contributed by atoms with Crippen LogP contribution in [0.15, 0.2) is 16.8 Å². The maximum Gasteiger partial charge on any atom is 0.0726 e. The molecule has 0 aliphatic rings.